The van der Waals surface area contributed by atoms with Crippen LogP contribution in [0.3, 0.4) is 0 Å². The Balaban J connectivity index is 0.00000289. The van der Waals surface area contributed by atoms with Gasteiger partial charge in [0, 0.05) is 6.04 Å². The van der Waals surface area contributed by atoms with Crippen molar-refractivity contribution < 1.29 is 14.3 Å². The first-order valence-corrected chi connectivity index (χ1v) is 5.41. The number of halogens is 1. The molecule has 1 aromatic carbocycles. The Kier molecular flexibility index (Phi) is 6.15. The zero-order valence-electron chi connectivity index (χ0n) is 11.1. The maximum Gasteiger partial charge on any atom is 0.313 e. The quantitative estimate of drug-likeness (QED) is 0.855. The minimum absolute atomic E-state index is 0. The molecular weight excluding hydrogens is 254 g/mol. The van der Waals surface area contributed by atoms with Crippen LogP contribution >= 0.6 is 12.4 Å². The molecule has 1 aromatic rings. The lowest BCUT2D eigenvalue weighted by molar-refractivity contribution is -0.152. The van der Waals surface area contributed by atoms with Crippen LogP contribution in [0.2, 0.25) is 0 Å². The van der Waals surface area contributed by atoms with Gasteiger partial charge in [0.05, 0.1) is 19.6 Å². The molecule has 0 radical (unpaired) electrons. The Morgan fingerprint density at radius 3 is 2.11 bits per heavy atom. The van der Waals surface area contributed by atoms with Crippen LogP contribution in [0.1, 0.15) is 25.5 Å². The lowest BCUT2D eigenvalue weighted by Crippen LogP contribution is -2.37. The highest BCUT2D eigenvalue weighted by atomic mass is 35.5. The Morgan fingerprint density at radius 2 is 1.72 bits per heavy atom. The molecule has 0 heterocycles. The number of carbonyl (C=O) groups is 1. The second-order valence-electron chi connectivity index (χ2n) is 4.46. The molecule has 0 fully saturated rings. The number of nitrogens with two attached hydrogens (primary N) is 1. The maximum atomic E-state index is 11.6. The standard InChI is InChI=1S/C13H19NO3.ClH/c1-13(2,12(15)17-4)11(14)9-5-7-10(16-3)8-6-9;/h5-8,11H,14H2,1-4H3;1H/t11-;/m0./s1. The van der Waals surface area contributed by atoms with Crippen molar-refractivity contribution in [1.29, 1.82) is 0 Å². The summed E-state index contributed by atoms with van der Waals surface area (Å²) in [7, 11) is 2.97. The summed E-state index contributed by atoms with van der Waals surface area (Å²) in [6.45, 7) is 3.54. The minimum Gasteiger partial charge on any atom is -0.497 e. The average molecular weight is 274 g/mol. The van der Waals surface area contributed by atoms with Gasteiger partial charge in [-0.15, -0.1) is 12.4 Å². The number of carbonyl (C=O) groups excluding carboxylic acids is 1. The molecule has 0 unspecified atom stereocenters. The Bertz CT molecular complexity index is 390. The number of methoxy groups -OCH3 is 2. The zero-order valence-corrected chi connectivity index (χ0v) is 11.9. The van der Waals surface area contributed by atoms with Crippen LogP contribution < -0.4 is 10.5 Å². The van der Waals surface area contributed by atoms with Gasteiger partial charge in [-0.05, 0) is 31.5 Å². The van der Waals surface area contributed by atoms with Crippen molar-refractivity contribution in [3.05, 3.63) is 29.8 Å². The molecule has 0 aliphatic rings. The first-order valence-electron chi connectivity index (χ1n) is 5.41. The molecule has 0 saturated carbocycles. The summed E-state index contributed by atoms with van der Waals surface area (Å²) in [5.74, 6) is 0.442. The first-order chi connectivity index (χ1) is 7.93. The summed E-state index contributed by atoms with van der Waals surface area (Å²) >= 11 is 0. The molecule has 0 aliphatic heterocycles. The van der Waals surface area contributed by atoms with Crippen LogP contribution in [0.5, 0.6) is 5.75 Å². The molecule has 0 spiro atoms. The van der Waals surface area contributed by atoms with Gasteiger partial charge < -0.3 is 15.2 Å². The lowest BCUT2D eigenvalue weighted by atomic mass is 9.81. The van der Waals surface area contributed by atoms with E-state index in [-0.39, 0.29) is 18.4 Å². The fraction of sp³-hybridized carbons (Fsp3) is 0.462. The van der Waals surface area contributed by atoms with Gasteiger partial charge in [-0.1, -0.05) is 12.1 Å². The molecule has 102 valence electrons. The third-order valence-corrected chi connectivity index (χ3v) is 2.96. The maximum absolute atomic E-state index is 11.6. The van der Waals surface area contributed by atoms with Gasteiger partial charge in [0.25, 0.3) is 0 Å². The summed E-state index contributed by atoms with van der Waals surface area (Å²) in [5, 5.41) is 0. The Hall–Kier alpha value is -1.26. The van der Waals surface area contributed by atoms with Gasteiger partial charge in [0.15, 0.2) is 0 Å². The van der Waals surface area contributed by atoms with E-state index in [0.717, 1.165) is 11.3 Å². The van der Waals surface area contributed by atoms with Crippen LogP contribution in [0.25, 0.3) is 0 Å². The monoisotopic (exact) mass is 273 g/mol. The number of ether oxygens (including phenoxy) is 2. The second-order valence-corrected chi connectivity index (χ2v) is 4.46. The fourth-order valence-corrected chi connectivity index (χ4v) is 1.62. The van der Waals surface area contributed by atoms with E-state index in [9.17, 15) is 4.79 Å². The van der Waals surface area contributed by atoms with Gasteiger partial charge >= 0.3 is 5.97 Å². The smallest absolute Gasteiger partial charge is 0.313 e. The first kappa shape index (κ1) is 16.7. The van der Waals surface area contributed by atoms with E-state index in [1.807, 2.05) is 24.3 Å². The van der Waals surface area contributed by atoms with Crippen molar-refractivity contribution in [2.24, 2.45) is 11.1 Å². The summed E-state index contributed by atoms with van der Waals surface area (Å²) in [6.07, 6.45) is 0. The Labute approximate surface area is 114 Å². The highest BCUT2D eigenvalue weighted by molar-refractivity contribution is 5.85. The molecule has 4 nitrogen and oxygen atoms in total. The molecule has 0 amide bonds. The predicted octanol–water partition coefficient (Wildman–Crippen LogP) is 2.32. The van der Waals surface area contributed by atoms with Crippen LogP contribution in [-0.4, -0.2) is 20.2 Å². The number of hydrogen-bond acceptors (Lipinski definition) is 4. The number of hydrogen-bond donors (Lipinski definition) is 1. The molecule has 1 rings (SSSR count). The number of rotatable bonds is 4. The van der Waals surface area contributed by atoms with Crippen molar-refractivity contribution in [2.75, 3.05) is 14.2 Å². The van der Waals surface area contributed by atoms with Crippen molar-refractivity contribution in [3.63, 3.8) is 0 Å². The van der Waals surface area contributed by atoms with Gasteiger partial charge in [-0.3, -0.25) is 4.79 Å². The minimum atomic E-state index is -0.761. The van der Waals surface area contributed by atoms with Gasteiger partial charge in [0.1, 0.15) is 5.75 Å². The average Bonchev–Trinajstić information content (AvgIpc) is 2.36. The van der Waals surface area contributed by atoms with Crippen LogP contribution in [0.4, 0.5) is 0 Å². The van der Waals surface area contributed by atoms with Crippen molar-refractivity contribution in [2.45, 2.75) is 19.9 Å². The van der Waals surface area contributed by atoms with Gasteiger partial charge in [-0.2, -0.15) is 0 Å². The van der Waals surface area contributed by atoms with Crippen LogP contribution in [0, 0.1) is 5.41 Å². The number of benzene rings is 1. The summed E-state index contributed by atoms with van der Waals surface area (Å²) in [5.41, 5.74) is 6.21. The van der Waals surface area contributed by atoms with E-state index in [4.69, 9.17) is 15.2 Å². The molecule has 18 heavy (non-hydrogen) atoms. The van der Waals surface area contributed by atoms with Gasteiger partial charge in [-0.25, -0.2) is 0 Å². The zero-order chi connectivity index (χ0) is 13.1. The molecular formula is C13H20ClNO3. The fourth-order valence-electron chi connectivity index (χ4n) is 1.62. The third-order valence-electron chi connectivity index (χ3n) is 2.96. The van der Waals surface area contributed by atoms with E-state index in [1.165, 1.54) is 7.11 Å². The summed E-state index contributed by atoms with van der Waals surface area (Å²) in [4.78, 5) is 11.6. The number of esters is 1. The van der Waals surface area contributed by atoms with Crippen LogP contribution in [0.15, 0.2) is 24.3 Å². The normalized spacial score (nSPS) is 12.3. The molecule has 2 N–H and O–H groups in total. The summed E-state index contributed by atoms with van der Waals surface area (Å²) in [6, 6.07) is 6.94. The van der Waals surface area contributed by atoms with E-state index in [2.05, 4.69) is 0 Å². The predicted molar refractivity (Wildman–Crippen MR) is 73.0 cm³/mol. The highest BCUT2D eigenvalue weighted by Crippen LogP contribution is 2.33. The molecule has 0 bridgehead atoms. The largest absolute Gasteiger partial charge is 0.497 e. The molecule has 0 saturated heterocycles. The summed E-state index contributed by atoms with van der Waals surface area (Å²) < 4.78 is 9.83. The molecule has 5 heteroatoms. The topological polar surface area (TPSA) is 61.5 Å². The van der Waals surface area contributed by atoms with Crippen molar-refractivity contribution in [1.82, 2.24) is 0 Å². The lowest BCUT2D eigenvalue weighted by Gasteiger charge is -2.28. The molecule has 1 atom stereocenters. The van der Waals surface area contributed by atoms with Crippen molar-refractivity contribution in [3.8, 4) is 5.75 Å². The van der Waals surface area contributed by atoms with E-state index in [0.29, 0.717) is 0 Å². The Morgan fingerprint density at radius 1 is 1.22 bits per heavy atom. The van der Waals surface area contributed by atoms with E-state index < -0.39 is 11.5 Å². The highest BCUT2D eigenvalue weighted by Gasteiger charge is 2.36. The van der Waals surface area contributed by atoms with Crippen molar-refractivity contribution >= 4 is 18.4 Å². The van der Waals surface area contributed by atoms with E-state index in [1.54, 1.807) is 21.0 Å². The molecule has 0 aromatic heterocycles. The molecule has 0 aliphatic carbocycles. The SMILES string of the molecule is COC(=O)C(C)(C)[C@@H](N)c1ccc(OC)cc1.Cl. The van der Waals surface area contributed by atoms with Crippen LogP contribution in [-0.2, 0) is 9.53 Å². The van der Waals surface area contributed by atoms with Gasteiger partial charge in [0.2, 0.25) is 0 Å². The second kappa shape index (κ2) is 6.61. The van der Waals surface area contributed by atoms with E-state index >= 15 is 0 Å². The third kappa shape index (κ3) is 3.37.